The first kappa shape index (κ1) is 29.2. The molecule has 4 rings (SSSR count). The summed E-state index contributed by atoms with van der Waals surface area (Å²) in [6.07, 6.45) is -6.22. The summed E-state index contributed by atoms with van der Waals surface area (Å²) in [6.45, 7) is 1.21. The maximum atomic E-state index is 13.2. The Morgan fingerprint density at radius 1 is 0.634 bits per heavy atom. The van der Waals surface area contributed by atoms with Crippen molar-refractivity contribution in [2.24, 2.45) is 0 Å². The Morgan fingerprint density at radius 3 is 1.59 bits per heavy atom. The van der Waals surface area contributed by atoms with E-state index in [1.165, 1.54) is 24.3 Å². The van der Waals surface area contributed by atoms with E-state index in [1.807, 2.05) is 0 Å². The summed E-state index contributed by atoms with van der Waals surface area (Å²) in [4.78, 5) is 64.0. The minimum atomic E-state index is -1.51. The van der Waals surface area contributed by atoms with Crippen LogP contribution in [-0.4, -0.2) is 67.3 Å². The Hall–Kier alpha value is -4.83. The van der Waals surface area contributed by atoms with Crippen molar-refractivity contribution >= 4 is 29.7 Å². The van der Waals surface area contributed by atoms with Crippen LogP contribution in [0.25, 0.3) is 0 Å². The molecule has 3 aromatic carbocycles. The zero-order valence-corrected chi connectivity index (χ0v) is 22.2. The zero-order valence-electron chi connectivity index (χ0n) is 22.2. The number of Topliss-reactive ketones (excluding diaryl/α,β-unsaturated/α-hetero) is 1. The molecule has 4 atom stereocenters. The molecule has 212 valence electrons. The number of benzene rings is 3. The highest BCUT2D eigenvalue weighted by molar-refractivity contribution is 5.99. The van der Waals surface area contributed by atoms with Gasteiger partial charge in [0.15, 0.2) is 24.1 Å². The normalized spacial score (nSPS) is 19.5. The van der Waals surface area contributed by atoms with E-state index in [-0.39, 0.29) is 23.3 Å². The molecule has 0 amide bonds. The van der Waals surface area contributed by atoms with Crippen molar-refractivity contribution in [2.45, 2.75) is 37.8 Å². The number of carbonyl (C=O) groups excluding carboxylic acids is 5. The number of rotatable bonds is 11. The molecule has 1 saturated heterocycles. The fourth-order valence-electron chi connectivity index (χ4n) is 4.19. The lowest BCUT2D eigenvalue weighted by atomic mass is 10.0. The number of hydrogen-bond donors (Lipinski definition) is 0. The van der Waals surface area contributed by atoms with E-state index in [2.05, 4.69) is 0 Å². The molecule has 3 aromatic rings. The quantitative estimate of drug-likeness (QED) is 0.195. The lowest BCUT2D eigenvalue weighted by molar-refractivity contribution is -0.149. The Labute approximate surface area is 236 Å². The summed E-state index contributed by atoms with van der Waals surface area (Å²) < 4.78 is 27.6. The first-order valence-corrected chi connectivity index (χ1v) is 13.0. The van der Waals surface area contributed by atoms with Crippen LogP contribution >= 0.6 is 0 Å². The molecule has 1 fully saturated rings. The van der Waals surface area contributed by atoms with Gasteiger partial charge in [-0.3, -0.25) is 9.59 Å². The SMILES string of the molecule is CCOC(=O)CC(=O)[C@@H]1O[C@H](COC(=O)c2ccccc2)[C@@H](OC(=O)c2ccccc2)[C@H]1OC(=O)c1ccccc1. The summed E-state index contributed by atoms with van der Waals surface area (Å²) in [5.41, 5.74) is 0.642. The average molecular weight is 561 g/mol. The minimum absolute atomic E-state index is 0.0550. The molecule has 0 N–H and O–H groups in total. The number of esters is 4. The number of ether oxygens (including phenoxy) is 5. The van der Waals surface area contributed by atoms with Crippen molar-refractivity contribution in [1.29, 1.82) is 0 Å². The Kier molecular flexibility index (Phi) is 9.95. The van der Waals surface area contributed by atoms with Gasteiger partial charge in [-0.1, -0.05) is 54.6 Å². The van der Waals surface area contributed by atoms with E-state index in [1.54, 1.807) is 73.7 Å². The van der Waals surface area contributed by atoms with Gasteiger partial charge >= 0.3 is 23.9 Å². The van der Waals surface area contributed by atoms with E-state index in [0.717, 1.165) is 0 Å². The molecule has 0 bridgehead atoms. The molecule has 0 aromatic heterocycles. The summed E-state index contributed by atoms with van der Waals surface area (Å²) >= 11 is 0. The van der Waals surface area contributed by atoms with E-state index >= 15 is 0 Å². The molecule has 0 unspecified atom stereocenters. The van der Waals surface area contributed by atoms with Gasteiger partial charge in [0.25, 0.3) is 0 Å². The summed E-state index contributed by atoms with van der Waals surface area (Å²) in [6, 6.07) is 24.2. The Morgan fingerprint density at radius 2 is 1.10 bits per heavy atom. The van der Waals surface area contributed by atoms with Gasteiger partial charge in [-0.15, -0.1) is 0 Å². The second kappa shape index (κ2) is 14.0. The fourth-order valence-corrected chi connectivity index (χ4v) is 4.19. The third-order valence-electron chi connectivity index (χ3n) is 6.14. The van der Waals surface area contributed by atoms with Crippen molar-refractivity contribution < 1.29 is 47.7 Å². The van der Waals surface area contributed by atoms with Gasteiger partial charge in [-0.2, -0.15) is 0 Å². The molecule has 10 heteroatoms. The van der Waals surface area contributed by atoms with Crippen LogP contribution in [0.2, 0.25) is 0 Å². The summed E-state index contributed by atoms with van der Waals surface area (Å²) in [5.74, 6) is -3.83. The number of hydrogen-bond acceptors (Lipinski definition) is 10. The molecule has 0 aliphatic carbocycles. The van der Waals surface area contributed by atoms with Gasteiger partial charge in [0, 0.05) is 0 Å². The first-order valence-electron chi connectivity index (χ1n) is 13.0. The molecule has 41 heavy (non-hydrogen) atoms. The van der Waals surface area contributed by atoms with Crippen LogP contribution in [0.3, 0.4) is 0 Å². The van der Waals surface area contributed by atoms with Crippen LogP contribution in [0.15, 0.2) is 91.0 Å². The highest BCUT2D eigenvalue weighted by Crippen LogP contribution is 2.30. The fraction of sp³-hybridized carbons (Fsp3) is 0.258. The van der Waals surface area contributed by atoms with Gasteiger partial charge in [0.2, 0.25) is 0 Å². The maximum Gasteiger partial charge on any atom is 0.338 e. The molecule has 1 aliphatic rings. The van der Waals surface area contributed by atoms with Gasteiger partial charge in [0.1, 0.15) is 19.1 Å². The largest absolute Gasteiger partial charge is 0.466 e. The van der Waals surface area contributed by atoms with Gasteiger partial charge in [-0.25, -0.2) is 14.4 Å². The molecule has 10 nitrogen and oxygen atoms in total. The Balaban J connectivity index is 1.63. The smallest absolute Gasteiger partial charge is 0.338 e. The van der Waals surface area contributed by atoms with Crippen LogP contribution in [0.4, 0.5) is 0 Å². The van der Waals surface area contributed by atoms with Gasteiger partial charge in [-0.05, 0) is 43.3 Å². The third-order valence-corrected chi connectivity index (χ3v) is 6.14. The first-order chi connectivity index (χ1) is 19.9. The minimum Gasteiger partial charge on any atom is -0.466 e. The monoisotopic (exact) mass is 560 g/mol. The second-order valence-corrected chi connectivity index (χ2v) is 8.98. The van der Waals surface area contributed by atoms with Gasteiger partial charge in [0.05, 0.1) is 23.3 Å². The molecule has 1 heterocycles. The predicted molar refractivity (Wildman–Crippen MR) is 143 cm³/mol. The van der Waals surface area contributed by atoms with Crippen molar-refractivity contribution in [3.63, 3.8) is 0 Å². The maximum absolute atomic E-state index is 13.2. The highest BCUT2D eigenvalue weighted by atomic mass is 16.7. The molecule has 0 saturated carbocycles. The number of carbonyl (C=O) groups is 5. The van der Waals surface area contributed by atoms with E-state index < -0.39 is 67.1 Å². The van der Waals surface area contributed by atoms with Crippen LogP contribution in [0.5, 0.6) is 0 Å². The van der Waals surface area contributed by atoms with Crippen molar-refractivity contribution in [2.75, 3.05) is 13.2 Å². The Bertz CT molecular complexity index is 1360. The van der Waals surface area contributed by atoms with Crippen LogP contribution in [0.1, 0.15) is 44.4 Å². The molecular formula is C31H28O10. The van der Waals surface area contributed by atoms with E-state index in [0.29, 0.717) is 0 Å². The molecule has 1 aliphatic heterocycles. The van der Waals surface area contributed by atoms with Crippen LogP contribution in [-0.2, 0) is 33.3 Å². The molecule has 0 radical (unpaired) electrons. The van der Waals surface area contributed by atoms with Crippen molar-refractivity contribution in [1.82, 2.24) is 0 Å². The second-order valence-electron chi connectivity index (χ2n) is 8.98. The number of ketones is 1. The third kappa shape index (κ3) is 7.64. The van der Waals surface area contributed by atoms with E-state index in [4.69, 9.17) is 23.7 Å². The topological polar surface area (TPSA) is 132 Å². The highest BCUT2D eigenvalue weighted by Gasteiger charge is 2.53. The van der Waals surface area contributed by atoms with Crippen molar-refractivity contribution in [3.8, 4) is 0 Å². The summed E-state index contributed by atoms with van der Waals surface area (Å²) in [7, 11) is 0. The predicted octanol–water partition coefficient (Wildman–Crippen LogP) is 3.58. The molecule has 0 spiro atoms. The van der Waals surface area contributed by atoms with Crippen LogP contribution in [0, 0.1) is 0 Å². The van der Waals surface area contributed by atoms with Crippen molar-refractivity contribution in [3.05, 3.63) is 108 Å². The van der Waals surface area contributed by atoms with Gasteiger partial charge < -0.3 is 23.7 Å². The van der Waals surface area contributed by atoms with E-state index in [9.17, 15) is 24.0 Å². The summed E-state index contributed by atoms with van der Waals surface area (Å²) in [5, 5.41) is 0. The molecular weight excluding hydrogens is 532 g/mol. The standard InChI is InChI=1S/C31H28O10/c1-2-37-25(33)18-23(32)26-28(41-31(36)22-16-10-5-11-17-22)27(40-30(35)21-14-8-4-9-15-21)24(39-26)19-38-29(34)20-12-6-3-7-13-20/h3-17,24,26-28H,2,18-19H2,1H3/t24-,26+,27-,28+/m1/s1. The lowest BCUT2D eigenvalue weighted by Gasteiger charge is -2.24. The lowest BCUT2D eigenvalue weighted by Crippen LogP contribution is -2.44. The zero-order chi connectivity index (χ0) is 29.2. The van der Waals surface area contributed by atoms with Crippen LogP contribution < -0.4 is 0 Å². The average Bonchev–Trinajstić information content (AvgIpc) is 3.33.